The summed E-state index contributed by atoms with van der Waals surface area (Å²) in [6.45, 7) is 6.01. The first-order valence-corrected chi connectivity index (χ1v) is 10.4. The number of rotatable bonds is 8. The number of nitro groups is 1. The zero-order valence-corrected chi connectivity index (χ0v) is 17.5. The topological polar surface area (TPSA) is 64.8 Å². The molecule has 30 heavy (non-hydrogen) atoms. The highest BCUT2D eigenvalue weighted by Crippen LogP contribution is 2.43. The average Bonchev–Trinajstić information content (AvgIpc) is 2.91. The zero-order chi connectivity index (χ0) is 22.1. The van der Waals surface area contributed by atoms with Crippen molar-refractivity contribution in [3.63, 3.8) is 0 Å². The first-order chi connectivity index (χ1) is 14.0. The summed E-state index contributed by atoms with van der Waals surface area (Å²) in [5, 5.41) is 11.0. The van der Waals surface area contributed by atoms with E-state index in [1.165, 1.54) is 18.2 Å². The zero-order valence-electron chi connectivity index (χ0n) is 17.5. The Morgan fingerprint density at radius 1 is 1.23 bits per heavy atom. The number of piperidine rings is 1. The summed E-state index contributed by atoms with van der Waals surface area (Å²) in [5.41, 5.74) is -1.20. The lowest BCUT2D eigenvalue weighted by atomic mass is 9.87. The normalized spacial score (nSPS) is 28.9. The molecule has 1 aromatic carbocycles. The Morgan fingerprint density at radius 3 is 2.40 bits per heavy atom. The van der Waals surface area contributed by atoms with Gasteiger partial charge >= 0.3 is 6.18 Å². The fourth-order valence-corrected chi connectivity index (χ4v) is 4.80. The molecular formula is C21H29F3N2O4. The Hall–Kier alpha value is -1.87. The second kappa shape index (κ2) is 8.70. The molecule has 0 saturated carbocycles. The summed E-state index contributed by atoms with van der Waals surface area (Å²) in [7, 11) is 0. The van der Waals surface area contributed by atoms with Crippen LogP contribution in [0, 0.1) is 10.1 Å². The smallest absolute Gasteiger partial charge is 0.419 e. The van der Waals surface area contributed by atoms with Crippen molar-refractivity contribution in [2.75, 3.05) is 13.2 Å². The van der Waals surface area contributed by atoms with E-state index in [9.17, 15) is 23.3 Å². The molecule has 0 spiro atoms. The van der Waals surface area contributed by atoms with Crippen LogP contribution in [0.15, 0.2) is 24.3 Å². The lowest BCUT2D eigenvalue weighted by Crippen LogP contribution is -2.53. The second-order valence-electron chi connectivity index (χ2n) is 8.67. The van der Waals surface area contributed by atoms with E-state index in [-0.39, 0.29) is 29.4 Å². The first kappa shape index (κ1) is 22.8. The van der Waals surface area contributed by atoms with Crippen LogP contribution >= 0.6 is 0 Å². The van der Waals surface area contributed by atoms with Crippen LogP contribution in [0.1, 0.15) is 52.0 Å². The van der Waals surface area contributed by atoms with Gasteiger partial charge < -0.3 is 9.47 Å². The van der Waals surface area contributed by atoms with E-state index in [1.807, 2.05) is 6.92 Å². The van der Waals surface area contributed by atoms with Crippen LogP contribution in [0.25, 0.3) is 0 Å². The Bertz CT molecular complexity index is 744. The molecule has 2 heterocycles. The molecule has 0 radical (unpaired) electrons. The lowest BCUT2D eigenvalue weighted by Gasteiger charge is -2.45. The van der Waals surface area contributed by atoms with Crippen molar-refractivity contribution in [3.8, 4) is 5.75 Å². The van der Waals surface area contributed by atoms with E-state index in [1.54, 1.807) is 13.8 Å². The van der Waals surface area contributed by atoms with Crippen LogP contribution in [-0.4, -0.2) is 52.8 Å². The third kappa shape index (κ3) is 5.06. The van der Waals surface area contributed by atoms with Gasteiger partial charge in [-0.25, -0.2) is 0 Å². The summed E-state index contributed by atoms with van der Waals surface area (Å²) >= 11 is 0. The molecule has 2 fully saturated rings. The SMILES string of the molecule is CC(OC1(C)C[C@H]2CC[C@@H](C1)N2CCOc1ccccc1C(F)(F)F)[C@@H](C)[N+](=O)[O-]. The molecule has 2 unspecified atom stereocenters. The van der Waals surface area contributed by atoms with Gasteiger partial charge in [-0.15, -0.1) is 0 Å². The summed E-state index contributed by atoms with van der Waals surface area (Å²) in [6.07, 6.45) is -1.46. The van der Waals surface area contributed by atoms with Crippen molar-refractivity contribution in [1.29, 1.82) is 0 Å². The number of ether oxygens (including phenoxy) is 2. The molecule has 2 bridgehead atoms. The fraction of sp³-hybridized carbons (Fsp3) is 0.714. The predicted molar refractivity (Wildman–Crippen MR) is 105 cm³/mol. The number of hydrogen-bond acceptors (Lipinski definition) is 5. The second-order valence-corrected chi connectivity index (χ2v) is 8.67. The minimum absolute atomic E-state index is 0.148. The van der Waals surface area contributed by atoms with E-state index >= 15 is 0 Å². The molecule has 2 saturated heterocycles. The van der Waals surface area contributed by atoms with E-state index in [2.05, 4.69) is 4.90 Å². The van der Waals surface area contributed by atoms with Gasteiger partial charge in [-0.05, 0) is 51.7 Å². The lowest BCUT2D eigenvalue weighted by molar-refractivity contribution is -0.532. The fourth-order valence-electron chi connectivity index (χ4n) is 4.80. The van der Waals surface area contributed by atoms with Crippen LogP contribution in [-0.2, 0) is 10.9 Å². The van der Waals surface area contributed by atoms with Crippen LogP contribution in [0.3, 0.4) is 0 Å². The van der Waals surface area contributed by atoms with Crippen molar-refractivity contribution in [3.05, 3.63) is 39.9 Å². The minimum atomic E-state index is -4.45. The summed E-state index contributed by atoms with van der Waals surface area (Å²) in [6, 6.07) is 4.96. The molecule has 6 nitrogen and oxygen atoms in total. The third-order valence-corrected chi connectivity index (χ3v) is 6.39. The number of halogens is 3. The maximum absolute atomic E-state index is 13.1. The van der Waals surface area contributed by atoms with Crippen LogP contribution in [0.5, 0.6) is 5.75 Å². The van der Waals surface area contributed by atoms with Gasteiger partial charge in [0.2, 0.25) is 6.04 Å². The molecule has 168 valence electrons. The molecule has 0 amide bonds. The Morgan fingerprint density at radius 2 is 1.83 bits per heavy atom. The number of benzene rings is 1. The van der Waals surface area contributed by atoms with Gasteiger partial charge in [0.25, 0.3) is 0 Å². The quantitative estimate of drug-likeness (QED) is 0.448. The third-order valence-electron chi connectivity index (χ3n) is 6.39. The number of nitrogens with zero attached hydrogens (tertiary/aromatic N) is 2. The highest BCUT2D eigenvalue weighted by Gasteiger charge is 2.48. The number of alkyl halides is 3. The maximum Gasteiger partial charge on any atom is 0.419 e. The van der Waals surface area contributed by atoms with Crippen molar-refractivity contribution in [2.24, 2.45) is 0 Å². The Kier molecular flexibility index (Phi) is 6.62. The molecule has 9 heteroatoms. The molecule has 2 aliphatic rings. The van der Waals surface area contributed by atoms with E-state index in [0.29, 0.717) is 6.54 Å². The summed E-state index contributed by atoms with van der Waals surface area (Å²) in [5.74, 6) is -0.148. The predicted octanol–water partition coefficient (Wildman–Crippen LogP) is 4.54. The minimum Gasteiger partial charge on any atom is -0.492 e. The van der Waals surface area contributed by atoms with Gasteiger partial charge in [-0.3, -0.25) is 15.0 Å². The van der Waals surface area contributed by atoms with Gasteiger partial charge in [-0.1, -0.05) is 12.1 Å². The summed E-state index contributed by atoms with van der Waals surface area (Å²) < 4.78 is 51.0. The van der Waals surface area contributed by atoms with Gasteiger partial charge in [0, 0.05) is 30.5 Å². The summed E-state index contributed by atoms with van der Waals surface area (Å²) in [4.78, 5) is 13.0. The van der Waals surface area contributed by atoms with Gasteiger partial charge in [-0.2, -0.15) is 13.2 Å². The molecular weight excluding hydrogens is 401 g/mol. The molecule has 3 rings (SSSR count). The van der Waals surface area contributed by atoms with Gasteiger partial charge in [0.1, 0.15) is 18.5 Å². The van der Waals surface area contributed by atoms with E-state index in [0.717, 1.165) is 31.7 Å². The number of hydrogen-bond donors (Lipinski definition) is 0. The Balaban J connectivity index is 1.57. The van der Waals surface area contributed by atoms with E-state index < -0.39 is 29.5 Å². The van der Waals surface area contributed by atoms with Crippen LogP contribution in [0.2, 0.25) is 0 Å². The van der Waals surface area contributed by atoms with Crippen molar-refractivity contribution in [2.45, 2.75) is 82.5 Å². The molecule has 0 N–H and O–H groups in total. The van der Waals surface area contributed by atoms with Crippen molar-refractivity contribution in [1.82, 2.24) is 4.90 Å². The standard InChI is InChI=1S/C21H29F3N2O4/c1-14(26(27)28)15(2)30-20(3)12-16-8-9-17(13-20)25(16)10-11-29-19-7-5-4-6-18(19)21(22,23)24/h4-7,14-17H,8-13H2,1-3H3/t14-,15?,16-,17+,20?/m1/s1. The van der Waals surface area contributed by atoms with E-state index in [4.69, 9.17) is 9.47 Å². The molecule has 1 aromatic rings. The van der Waals surface area contributed by atoms with Crippen LogP contribution in [0.4, 0.5) is 13.2 Å². The Labute approximate surface area is 174 Å². The van der Waals surface area contributed by atoms with Gasteiger partial charge in [0.15, 0.2) is 0 Å². The number of para-hydroxylation sites is 1. The van der Waals surface area contributed by atoms with Crippen LogP contribution < -0.4 is 4.74 Å². The molecule has 0 aliphatic carbocycles. The monoisotopic (exact) mass is 430 g/mol. The molecule has 0 aromatic heterocycles. The average molecular weight is 430 g/mol. The highest BCUT2D eigenvalue weighted by molar-refractivity contribution is 5.35. The van der Waals surface area contributed by atoms with Gasteiger partial charge in [0.05, 0.1) is 11.2 Å². The molecule has 5 atom stereocenters. The molecule has 2 aliphatic heterocycles. The number of fused-ring (bicyclic) bond motifs is 2. The van der Waals surface area contributed by atoms with Crippen molar-refractivity contribution < 1.29 is 27.6 Å². The first-order valence-electron chi connectivity index (χ1n) is 10.4. The maximum atomic E-state index is 13.1. The highest BCUT2D eigenvalue weighted by atomic mass is 19.4. The van der Waals surface area contributed by atoms with Crippen molar-refractivity contribution >= 4 is 0 Å². The largest absolute Gasteiger partial charge is 0.492 e.